The van der Waals surface area contributed by atoms with E-state index in [4.69, 9.17) is 0 Å². The third-order valence-electron chi connectivity index (χ3n) is 3.84. The van der Waals surface area contributed by atoms with Gasteiger partial charge in [-0.3, -0.25) is 14.5 Å². The molecule has 0 aliphatic carbocycles. The van der Waals surface area contributed by atoms with E-state index in [1.165, 1.54) is 0 Å². The topological polar surface area (TPSA) is 51.0 Å². The summed E-state index contributed by atoms with van der Waals surface area (Å²) in [5.74, 6) is 0.00761. The molecule has 0 radical (unpaired) electrons. The van der Waals surface area contributed by atoms with Gasteiger partial charge in [0.2, 0.25) is 0 Å². The third-order valence-corrected chi connectivity index (χ3v) is 4.79. The van der Waals surface area contributed by atoms with Crippen molar-refractivity contribution >= 4 is 17.2 Å². The molecule has 118 valence electrons. The van der Waals surface area contributed by atoms with Crippen LogP contribution in [0.5, 0.6) is 0 Å². The summed E-state index contributed by atoms with van der Waals surface area (Å²) in [6.45, 7) is 2.67. The van der Waals surface area contributed by atoms with E-state index in [9.17, 15) is 4.79 Å². The van der Waals surface area contributed by atoms with Crippen LogP contribution >= 0.6 is 11.3 Å². The quantitative estimate of drug-likeness (QED) is 0.723. The Morgan fingerprint density at radius 1 is 1.39 bits per heavy atom. The van der Waals surface area contributed by atoms with Gasteiger partial charge in [-0.05, 0) is 30.7 Å². The number of rotatable bonds is 5. The lowest BCUT2D eigenvalue weighted by atomic mass is 10.1. The molecule has 0 saturated heterocycles. The average molecular weight is 326 g/mol. The lowest BCUT2D eigenvalue weighted by Gasteiger charge is -2.24. The minimum atomic E-state index is 0.00442. The smallest absolute Gasteiger partial charge is 0.254 e. The maximum atomic E-state index is 12.7. The maximum Gasteiger partial charge on any atom is 0.254 e. The number of aromatic nitrogens is 3. The van der Waals surface area contributed by atoms with Crippen molar-refractivity contribution in [3.05, 3.63) is 70.4 Å². The van der Waals surface area contributed by atoms with Crippen LogP contribution in [0.2, 0.25) is 0 Å². The van der Waals surface area contributed by atoms with Crippen LogP contribution in [0, 0.1) is 0 Å². The van der Waals surface area contributed by atoms with Gasteiger partial charge < -0.3 is 4.90 Å². The van der Waals surface area contributed by atoms with E-state index in [1.54, 1.807) is 27.9 Å². The number of nitrogens with zero attached hydrogens (tertiary/aromatic N) is 4. The number of thiazole rings is 1. The lowest BCUT2D eigenvalue weighted by molar-refractivity contribution is 0.0744. The van der Waals surface area contributed by atoms with Crippen molar-refractivity contribution in [1.82, 2.24) is 19.7 Å². The van der Waals surface area contributed by atoms with Crippen LogP contribution in [0.1, 0.15) is 33.8 Å². The highest BCUT2D eigenvalue weighted by atomic mass is 32.1. The van der Waals surface area contributed by atoms with E-state index in [0.29, 0.717) is 12.1 Å². The molecule has 23 heavy (non-hydrogen) atoms. The van der Waals surface area contributed by atoms with Crippen LogP contribution in [-0.2, 0) is 6.54 Å². The molecule has 2 heterocycles. The molecule has 3 rings (SSSR count). The van der Waals surface area contributed by atoms with Crippen LogP contribution in [-0.4, -0.2) is 32.6 Å². The van der Waals surface area contributed by atoms with Gasteiger partial charge in [0.1, 0.15) is 0 Å². The van der Waals surface area contributed by atoms with Gasteiger partial charge in [0.25, 0.3) is 5.91 Å². The molecule has 6 heteroatoms. The Bertz CT molecular complexity index is 768. The second kappa shape index (κ2) is 6.75. The van der Waals surface area contributed by atoms with Gasteiger partial charge in [-0.1, -0.05) is 12.1 Å². The molecule has 5 nitrogen and oxygen atoms in total. The summed E-state index contributed by atoms with van der Waals surface area (Å²) in [7, 11) is 1.83. The summed E-state index contributed by atoms with van der Waals surface area (Å²) in [6.07, 6.45) is 5.47. The second-order valence-corrected chi connectivity index (χ2v) is 6.32. The first kappa shape index (κ1) is 15.4. The predicted molar refractivity (Wildman–Crippen MR) is 90.4 cm³/mol. The van der Waals surface area contributed by atoms with Gasteiger partial charge in [0.15, 0.2) is 0 Å². The molecule has 2 aromatic heterocycles. The van der Waals surface area contributed by atoms with Gasteiger partial charge in [0.05, 0.1) is 18.1 Å². The van der Waals surface area contributed by atoms with Crippen molar-refractivity contribution in [2.24, 2.45) is 0 Å². The van der Waals surface area contributed by atoms with Crippen LogP contribution in [0.15, 0.2) is 54.4 Å². The zero-order valence-electron chi connectivity index (χ0n) is 13.1. The van der Waals surface area contributed by atoms with Crippen molar-refractivity contribution in [3.8, 4) is 0 Å². The number of carbonyl (C=O) groups is 1. The zero-order chi connectivity index (χ0) is 16.2. The van der Waals surface area contributed by atoms with E-state index < -0.39 is 0 Å². The van der Waals surface area contributed by atoms with Crippen molar-refractivity contribution in [3.63, 3.8) is 0 Å². The Hall–Kier alpha value is -2.47. The third kappa shape index (κ3) is 3.48. The molecule has 1 atom stereocenters. The van der Waals surface area contributed by atoms with Crippen LogP contribution < -0.4 is 0 Å². The SMILES string of the molecule is C[C@H](c1cncs1)N(C)C(=O)c1cccc(Cn2cccn2)c1. The van der Waals surface area contributed by atoms with E-state index in [1.807, 2.05) is 61.4 Å². The number of carbonyl (C=O) groups excluding carboxylic acids is 1. The van der Waals surface area contributed by atoms with Crippen molar-refractivity contribution in [2.75, 3.05) is 7.05 Å². The fourth-order valence-electron chi connectivity index (χ4n) is 2.39. The molecule has 0 spiro atoms. The molecule has 0 unspecified atom stereocenters. The number of hydrogen-bond acceptors (Lipinski definition) is 4. The van der Waals surface area contributed by atoms with Crippen molar-refractivity contribution < 1.29 is 4.79 Å². The highest BCUT2D eigenvalue weighted by molar-refractivity contribution is 7.09. The summed E-state index contributed by atoms with van der Waals surface area (Å²) in [5, 5.41) is 4.20. The minimum absolute atomic E-state index is 0.00442. The first-order valence-corrected chi connectivity index (χ1v) is 8.25. The molecular formula is C17H18N4OS. The molecule has 0 fully saturated rings. The van der Waals surface area contributed by atoms with Gasteiger partial charge >= 0.3 is 0 Å². The number of hydrogen-bond donors (Lipinski definition) is 0. The second-order valence-electron chi connectivity index (χ2n) is 5.40. The Balaban J connectivity index is 1.76. The van der Waals surface area contributed by atoms with Gasteiger partial charge in [-0.25, -0.2) is 0 Å². The van der Waals surface area contributed by atoms with Crippen molar-refractivity contribution in [1.29, 1.82) is 0 Å². The first-order valence-electron chi connectivity index (χ1n) is 7.37. The zero-order valence-corrected chi connectivity index (χ0v) is 13.9. The molecule has 3 aromatic rings. The normalized spacial score (nSPS) is 12.1. The molecule has 0 bridgehead atoms. The van der Waals surface area contributed by atoms with E-state index in [0.717, 1.165) is 10.4 Å². The summed E-state index contributed by atoms with van der Waals surface area (Å²) in [6, 6.07) is 9.59. The first-order chi connectivity index (χ1) is 11.1. The van der Waals surface area contributed by atoms with E-state index in [-0.39, 0.29) is 11.9 Å². The summed E-state index contributed by atoms with van der Waals surface area (Å²) >= 11 is 1.56. The standard InChI is InChI=1S/C17H18N4OS/c1-13(16-10-18-12-23-16)20(2)17(22)15-6-3-5-14(9-15)11-21-8-4-7-19-21/h3-10,12-13H,11H2,1-2H3/t13-/m1/s1. The molecule has 0 aliphatic rings. The fourth-order valence-corrected chi connectivity index (χ4v) is 3.11. The van der Waals surface area contributed by atoms with Gasteiger partial charge in [-0.15, -0.1) is 11.3 Å². The molecule has 0 saturated carbocycles. The largest absolute Gasteiger partial charge is 0.334 e. The monoisotopic (exact) mass is 326 g/mol. The van der Waals surface area contributed by atoms with Crippen molar-refractivity contribution in [2.45, 2.75) is 19.5 Å². The Labute approximate surface area is 139 Å². The highest BCUT2D eigenvalue weighted by Crippen LogP contribution is 2.23. The fraction of sp³-hybridized carbons (Fsp3) is 0.235. The maximum absolute atomic E-state index is 12.7. The van der Waals surface area contributed by atoms with Crippen LogP contribution in [0.4, 0.5) is 0 Å². The summed E-state index contributed by atoms with van der Waals surface area (Å²) < 4.78 is 1.84. The van der Waals surface area contributed by atoms with E-state index in [2.05, 4.69) is 10.1 Å². The highest BCUT2D eigenvalue weighted by Gasteiger charge is 2.20. The lowest BCUT2D eigenvalue weighted by Crippen LogP contribution is -2.29. The molecular weight excluding hydrogens is 308 g/mol. The van der Waals surface area contributed by atoms with Gasteiger partial charge in [-0.2, -0.15) is 5.10 Å². The summed E-state index contributed by atoms with van der Waals surface area (Å²) in [5.41, 5.74) is 3.53. The molecule has 0 aliphatic heterocycles. The Morgan fingerprint density at radius 3 is 2.96 bits per heavy atom. The average Bonchev–Trinajstić information content (AvgIpc) is 3.26. The van der Waals surface area contributed by atoms with Crippen LogP contribution in [0.25, 0.3) is 0 Å². The predicted octanol–water partition coefficient (Wildman–Crippen LogP) is 3.22. The Morgan fingerprint density at radius 2 is 2.26 bits per heavy atom. The van der Waals surface area contributed by atoms with Gasteiger partial charge in [0, 0.05) is 36.1 Å². The van der Waals surface area contributed by atoms with Crippen LogP contribution in [0.3, 0.4) is 0 Å². The van der Waals surface area contributed by atoms with E-state index >= 15 is 0 Å². The molecule has 1 aromatic carbocycles. The summed E-state index contributed by atoms with van der Waals surface area (Å²) in [4.78, 5) is 19.6. The molecule has 0 N–H and O–H groups in total. The minimum Gasteiger partial charge on any atom is -0.334 e. The number of amides is 1. The number of benzene rings is 1. The Kier molecular flexibility index (Phi) is 4.52. The molecule has 1 amide bonds.